The third-order valence-electron chi connectivity index (χ3n) is 2.81. The van der Waals surface area contributed by atoms with E-state index in [1.807, 2.05) is 0 Å². The molecule has 0 radical (unpaired) electrons. The molecule has 3 heteroatoms. The first-order chi connectivity index (χ1) is 6.22. The van der Waals surface area contributed by atoms with Crippen LogP contribution in [-0.2, 0) is 9.53 Å². The standard InChI is InChI=1S/C10H19NO2/c1-13-10(12)6-5-8-3-2-4-9(11)7-8/h8-9H,2-7,11H2,1H3/t8-,9+/m0/s1. The lowest BCUT2D eigenvalue weighted by molar-refractivity contribution is -0.141. The topological polar surface area (TPSA) is 52.3 Å². The highest BCUT2D eigenvalue weighted by Gasteiger charge is 2.19. The van der Waals surface area contributed by atoms with Gasteiger partial charge >= 0.3 is 5.97 Å². The maximum absolute atomic E-state index is 10.9. The molecule has 13 heavy (non-hydrogen) atoms. The van der Waals surface area contributed by atoms with Crippen molar-refractivity contribution >= 4 is 5.97 Å². The zero-order valence-corrected chi connectivity index (χ0v) is 8.29. The number of hydrogen-bond acceptors (Lipinski definition) is 3. The summed E-state index contributed by atoms with van der Waals surface area (Å²) in [6, 6.07) is 0.358. The average Bonchev–Trinajstić information content (AvgIpc) is 2.14. The van der Waals surface area contributed by atoms with Crippen LogP contribution in [0.4, 0.5) is 0 Å². The van der Waals surface area contributed by atoms with E-state index in [0.717, 1.165) is 19.3 Å². The van der Waals surface area contributed by atoms with Crippen LogP contribution in [-0.4, -0.2) is 19.1 Å². The van der Waals surface area contributed by atoms with Gasteiger partial charge in [0.15, 0.2) is 0 Å². The van der Waals surface area contributed by atoms with E-state index in [9.17, 15) is 4.79 Å². The zero-order chi connectivity index (χ0) is 9.68. The maximum atomic E-state index is 10.9. The van der Waals surface area contributed by atoms with Crippen LogP contribution in [0.15, 0.2) is 0 Å². The van der Waals surface area contributed by atoms with Gasteiger partial charge in [-0.15, -0.1) is 0 Å². The predicted molar refractivity (Wildman–Crippen MR) is 51.2 cm³/mol. The van der Waals surface area contributed by atoms with Gasteiger partial charge in [0, 0.05) is 12.5 Å². The van der Waals surface area contributed by atoms with Crippen molar-refractivity contribution in [3.8, 4) is 0 Å². The van der Waals surface area contributed by atoms with E-state index in [0.29, 0.717) is 18.4 Å². The number of rotatable bonds is 3. The largest absolute Gasteiger partial charge is 0.469 e. The molecule has 2 N–H and O–H groups in total. The van der Waals surface area contributed by atoms with Crippen molar-refractivity contribution in [3.05, 3.63) is 0 Å². The molecule has 0 unspecified atom stereocenters. The first kappa shape index (κ1) is 10.5. The number of methoxy groups -OCH3 is 1. The normalized spacial score (nSPS) is 28.5. The zero-order valence-electron chi connectivity index (χ0n) is 8.29. The molecule has 1 saturated carbocycles. The summed E-state index contributed by atoms with van der Waals surface area (Å²) < 4.78 is 4.60. The molecular formula is C10H19NO2. The Kier molecular flexibility index (Phi) is 4.22. The second-order valence-electron chi connectivity index (χ2n) is 3.91. The van der Waals surface area contributed by atoms with Crippen LogP contribution in [0, 0.1) is 5.92 Å². The molecule has 0 heterocycles. The van der Waals surface area contributed by atoms with E-state index in [-0.39, 0.29) is 5.97 Å². The third-order valence-corrected chi connectivity index (χ3v) is 2.81. The predicted octanol–water partition coefficient (Wildman–Crippen LogP) is 1.46. The lowest BCUT2D eigenvalue weighted by Crippen LogP contribution is -2.28. The highest BCUT2D eigenvalue weighted by molar-refractivity contribution is 5.69. The lowest BCUT2D eigenvalue weighted by atomic mass is 9.83. The van der Waals surface area contributed by atoms with Crippen molar-refractivity contribution in [1.82, 2.24) is 0 Å². The minimum absolute atomic E-state index is 0.0980. The van der Waals surface area contributed by atoms with E-state index in [1.165, 1.54) is 20.0 Å². The maximum Gasteiger partial charge on any atom is 0.305 e. The SMILES string of the molecule is COC(=O)CC[C@@H]1CCC[C@@H](N)C1. The molecule has 0 aromatic heterocycles. The molecule has 1 aliphatic carbocycles. The fraction of sp³-hybridized carbons (Fsp3) is 0.900. The summed E-state index contributed by atoms with van der Waals surface area (Å²) in [5, 5.41) is 0. The summed E-state index contributed by atoms with van der Waals surface area (Å²) in [4.78, 5) is 10.9. The molecule has 0 amide bonds. The first-order valence-corrected chi connectivity index (χ1v) is 5.04. The molecule has 0 bridgehead atoms. The Hall–Kier alpha value is -0.570. The van der Waals surface area contributed by atoms with Gasteiger partial charge in [-0.25, -0.2) is 0 Å². The second-order valence-corrected chi connectivity index (χ2v) is 3.91. The molecule has 0 aromatic rings. The van der Waals surface area contributed by atoms with E-state index in [2.05, 4.69) is 4.74 Å². The van der Waals surface area contributed by atoms with Gasteiger partial charge in [-0.1, -0.05) is 12.8 Å². The van der Waals surface area contributed by atoms with Crippen molar-refractivity contribution in [2.45, 2.75) is 44.6 Å². The minimum Gasteiger partial charge on any atom is -0.469 e. The summed E-state index contributed by atoms with van der Waals surface area (Å²) in [5.41, 5.74) is 5.85. The van der Waals surface area contributed by atoms with Gasteiger partial charge in [0.1, 0.15) is 0 Å². The Balaban J connectivity index is 2.17. The van der Waals surface area contributed by atoms with E-state index in [1.54, 1.807) is 0 Å². The number of esters is 1. The van der Waals surface area contributed by atoms with Crippen LogP contribution < -0.4 is 5.73 Å². The van der Waals surface area contributed by atoms with Crippen LogP contribution >= 0.6 is 0 Å². The molecule has 0 aliphatic heterocycles. The summed E-state index contributed by atoms with van der Waals surface area (Å²) in [6.45, 7) is 0. The fourth-order valence-electron chi connectivity index (χ4n) is 2.02. The molecule has 1 fully saturated rings. The van der Waals surface area contributed by atoms with Crippen LogP contribution in [0.1, 0.15) is 38.5 Å². The molecule has 76 valence electrons. The highest BCUT2D eigenvalue weighted by atomic mass is 16.5. The Morgan fingerprint density at radius 2 is 2.31 bits per heavy atom. The Labute approximate surface area is 79.6 Å². The number of nitrogens with two attached hydrogens (primary N) is 1. The Morgan fingerprint density at radius 1 is 1.54 bits per heavy atom. The van der Waals surface area contributed by atoms with E-state index >= 15 is 0 Å². The van der Waals surface area contributed by atoms with Crippen molar-refractivity contribution in [3.63, 3.8) is 0 Å². The van der Waals surface area contributed by atoms with Crippen LogP contribution in [0.3, 0.4) is 0 Å². The smallest absolute Gasteiger partial charge is 0.305 e. The number of hydrogen-bond donors (Lipinski definition) is 1. The van der Waals surface area contributed by atoms with Crippen LogP contribution in [0.5, 0.6) is 0 Å². The molecule has 0 spiro atoms. The van der Waals surface area contributed by atoms with Gasteiger partial charge in [0.05, 0.1) is 7.11 Å². The van der Waals surface area contributed by atoms with Gasteiger partial charge < -0.3 is 10.5 Å². The average molecular weight is 185 g/mol. The minimum atomic E-state index is -0.0980. The van der Waals surface area contributed by atoms with Gasteiger partial charge in [0.25, 0.3) is 0 Å². The van der Waals surface area contributed by atoms with Gasteiger partial charge in [-0.2, -0.15) is 0 Å². The van der Waals surface area contributed by atoms with Crippen LogP contribution in [0.25, 0.3) is 0 Å². The van der Waals surface area contributed by atoms with Crippen LogP contribution in [0.2, 0.25) is 0 Å². The van der Waals surface area contributed by atoms with Gasteiger partial charge in [-0.05, 0) is 25.2 Å². The van der Waals surface area contributed by atoms with E-state index < -0.39 is 0 Å². The molecule has 1 rings (SSSR count). The Morgan fingerprint density at radius 3 is 2.92 bits per heavy atom. The summed E-state index contributed by atoms with van der Waals surface area (Å²) in [7, 11) is 1.44. The highest BCUT2D eigenvalue weighted by Crippen LogP contribution is 2.26. The lowest BCUT2D eigenvalue weighted by Gasteiger charge is -2.26. The summed E-state index contributed by atoms with van der Waals surface area (Å²) >= 11 is 0. The quantitative estimate of drug-likeness (QED) is 0.677. The molecule has 0 saturated heterocycles. The molecule has 2 atom stereocenters. The van der Waals surface area contributed by atoms with Crippen molar-refractivity contribution < 1.29 is 9.53 Å². The Bertz CT molecular complexity index is 170. The number of carbonyl (C=O) groups excluding carboxylic acids is 1. The van der Waals surface area contributed by atoms with E-state index in [4.69, 9.17) is 5.73 Å². The monoisotopic (exact) mass is 185 g/mol. The molecule has 1 aliphatic rings. The van der Waals surface area contributed by atoms with Crippen molar-refractivity contribution in [2.75, 3.05) is 7.11 Å². The first-order valence-electron chi connectivity index (χ1n) is 5.04. The summed E-state index contributed by atoms with van der Waals surface area (Å²) in [6.07, 6.45) is 6.16. The number of ether oxygens (including phenoxy) is 1. The molecule has 0 aromatic carbocycles. The molecule has 3 nitrogen and oxygen atoms in total. The summed E-state index contributed by atoms with van der Waals surface area (Å²) in [5.74, 6) is 0.544. The second kappa shape index (κ2) is 5.22. The third kappa shape index (κ3) is 3.77. The fourth-order valence-corrected chi connectivity index (χ4v) is 2.02. The van der Waals surface area contributed by atoms with Gasteiger partial charge in [-0.3, -0.25) is 4.79 Å². The molecular weight excluding hydrogens is 166 g/mol. The number of carbonyl (C=O) groups is 1. The van der Waals surface area contributed by atoms with Gasteiger partial charge in [0.2, 0.25) is 0 Å². The van der Waals surface area contributed by atoms with Crippen molar-refractivity contribution in [2.24, 2.45) is 11.7 Å². The van der Waals surface area contributed by atoms with Crippen molar-refractivity contribution in [1.29, 1.82) is 0 Å².